The van der Waals surface area contributed by atoms with Gasteiger partial charge in [0.1, 0.15) is 0 Å². The van der Waals surface area contributed by atoms with Gasteiger partial charge in [0.25, 0.3) is 0 Å². The van der Waals surface area contributed by atoms with Crippen LogP contribution < -0.4 is 16.0 Å². The van der Waals surface area contributed by atoms with Gasteiger partial charge in [0.05, 0.1) is 11.6 Å². The molecule has 2 aromatic rings. The van der Waals surface area contributed by atoms with E-state index in [1.165, 1.54) is 12.8 Å². The molecule has 2 aliphatic heterocycles. The highest BCUT2D eigenvalue weighted by atomic mass is 16.2. The van der Waals surface area contributed by atoms with E-state index in [1.807, 2.05) is 30.5 Å². The lowest BCUT2D eigenvalue weighted by atomic mass is 9.77. The molecule has 1 aromatic heterocycles. The Balaban J connectivity index is 1.36. The number of nitrogens with one attached hydrogen (secondary N) is 3. The standard InChI is InChI=1S/C19H24N4O/c24-18(17-10-19(13-23-17)5-7-20-8-6-19)22-12-14-9-15-3-1-2-4-16(15)21-11-14/h1-4,9,11,17,20,23H,5-8,10,12-13H2,(H,22,24)/t17-/m1/s1. The summed E-state index contributed by atoms with van der Waals surface area (Å²) in [5.41, 5.74) is 2.34. The van der Waals surface area contributed by atoms with Crippen molar-refractivity contribution in [3.63, 3.8) is 0 Å². The van der Waals surface area contributed by atoms with E-state index in [0.717, 1.165) is 42.5 Å². The van der Waals surface area contributed by atoms with Crippen LogP contribution in [0.25, 0.3) is 10.9 Å². The zero-order valence-corrected chi connectivity index (χ0v) is 13.8. The molecule has 0 radical (unpaired) electrons. The first-order valence-corrected chi connectivity index (χ1v) is 8.80. The second kappa shape index (κ2) is 6.49. The topological polar surface area (TPSA) is 66.0 Å². The van der Waals surface area contributed by atoms with Crippen molar-refractivity contribution in [2.24, 2.45) is 5.41 Å². The number of pyridine rings is 1. The zero-order chi connectivity index (χ0) is 16.4. The van der Waals surface area contributed by atoms with Crippen molar-refractivity contribution in [1.82, 2.24) is 20.9 Å². The average Bonchev–Trinajstić information content (AvgIpc) is 3.03. The van der Waals surface area contributed by atoms with Gasteiger partial charge in [-0.05, 0) is 55.5 Å². The van der Waals surface area contributed by atoms with E-state index in [4.69, 9.17) is 0 Å². The Labute approximate surface area is 142 Å². The van der Waals surface area contributed by atoms with Crippen molar-refractivity contribution in [1.29, 1.82) is 0 Å². The van der Waals surface area contributed by atoms with Crippen molar-refractivity contribution in [2.75, 3.05) is 19.6 Å². The molecule has 0 saturated carbocycles. The normalized spacial score (nSPS) is 22.8. The van der Waals surface area contributed by atoms with Crippen LogP contribution in [-0.2, 0) is 11.3 Å². The monoisotopic (exact) mass is 324 g/mol. The quantitative estimate of drug-likeness (QED) is 0.802. The summed E-state index contributed by atoms with van der Waals surface area (Å²) in [6, 6.07) is 10.1. The van der Waals surface area contributed by atoms with Crippen LogP contribution in [0.4, 0.5) is 0 Å². The molecule has 1 aromatic carbocycles. The largest absolute Gasteiger partial charge is 0.351 e. The van der Waals surface area contributed by atoms with E-state index >= 15 is 0 Å². The number of amides is 1. The van der Waals surface area contributed by atoms with Gasteiger partial charge < -0.3 is 16.0 Å². The van der Waals surface area contributed by atoms with Crippen LogP contribution in [0.2, 0.25) is 0 Å². The fraction of sp³-hybridized carbons (Fsp3) is 0.474. The van der Waals surface area contributed by atoms with E-state index in [-0.39, 0.29) is 11.9 Å². The summed E-state index contributed by atoms with van der Waals surface area (Å²) < 4.78 is 0. The summed E-state index contributed by atoms with van der Waals surface area (Å²) in [5.74, 6) is 0.110. The van der Waals surface area contributed by atoms with E-state index in [1.54, 1.807) is 0 Å². The Kier molecular flexibility index (Phi) is 4.21. The minimum absolute atomic E-state index is 0.0588. The molecule has 0 bridgehead atoms. The molecule has 5 nitrogen and oxygen atoms in total. The molecule has 0 unspecified atom stereocenters. The third kappa shape index (κ3) is 3.14. The molecular weight excluding hydrogens is 300 g/mol. The SMILES string of the molecule is O=C(NCc1cnc2ccccc2c1)[C@H]1CC2(CCNCC2)CN1. The van der Waals surface area contributed by atoms with Crippen molar-refractivity contribution >= 4 is 16.8 Å². The van der Waals surface area contributed by atoms with Crippen LogP contribution in [0.5, 0.6) is 0 Å². The third-order valence-electron chi connectivity index (χ3n) is 5.46. The number of rotatable bonds is 3. The molecular formula is C19H24N4O. The zero-order valence-electron chi connectivity index (χ0n) is 13.8. The molecule has 0 aliphatic carbocycles. The summed E-state index contributed by atoms with van der Waals surface area (Å²) in [5, 5.41) is 11.0. The Bertz CT molecular complexity index is 739. The lowest BCUT2D eigenvalue weighted by Gasteiger charge is -2.33. The molecule has 3 N–H and O–H groups in total. The average molecular weight is 324 g/mol. The molecule has 4 rings (SSSR count). The van der Waals surface area contributed by atoms with Crippen LogP contribution in [-0.4, -0.2) is 36.6 Å². The lowest BCUT2D eigenvalue weighted by molar-refractivity contribution is -0.123. The number of benzene rings is 1. The maximum Gasteiger partial charge on any atom is 0.237 e. The second-order valence-electron chi connectivity index (χ2n) is 7.14. The molecule has 1 atom stereocenters. The van der Waals surface area contributed by atoms with Gasteiger partial charge in [-0.3, -0.25) is 9.78 Å². The highest BCUT2D eigenvalue weighted by molar-refractivity contribution is 5.82. The summed E-state index contributed by atoms with van der Waals surface area (Å²) >= 11 is 0. The first-order chi connectivity index (χ1) is 11.7. The number of aromatic nitrogens is 1. The van der Waals surface area contributed by atoms with Crippen molar-refractivity contribution in [3.8, 4) is 0 Å². The van der Waals surface area contributed by atoms with Crippen molar-refractivity contribution < 1.29 is 4.79 Å². The van der Waals surface area contributed by atoms with E-state index in [9.17, 15) is 4.79 Å². The van der Waals surface area contributed by atoms with Gasteiger partial charge in [-0.2, -0.15) is 0 Å². The number of piperidine rings is 1. The highest BCUT2D eigenvalue weighted by Crippen LogP contribution is 2.37. The molecule has 3 heterocycles. The molecule has 5 heteroatoms. The van der Waals surface area contributed by atoms with Crippen molar-refractivity contribution in [3.05, 3.63) is 42.1 Å². The van der Waals surface area contributed by atoms with Gasteiger partial charge in [-0.15, -0.1) is 0 Å². The third-order valence-corrected chi connectivity index (χ3v) is 5.46. The number of carbonyl (C=O) groups is 1. The number of nitrogens with zero attached hydrogens (tertiary/aromatic N) is 1. The van der Waals surface area contributed by atoms with Crippen LogP contribution in [0.1, 0.15) is 24.8 Å². The first kappa shape index (κ1) is 15.5. The summed E-state index contributed by atoms with van der Waals surface area (Å²) in [7, 11) is 0. The molecule has 2 saturated heterocycles. The smallest absolute Gasteiger partial charge is 0.237 e. The fourth-order valence-corrected chi connectivity index (χ4v) is 3.97. The molecule has 24 heavy (non-hydrogen) atoms. The van der Waals surface area contributed by atoms with Gasteiger partial charge in [0.15, 0.2) is 0 Å². The minimum atomic E-state index is -0.0588. The van der Waals surface area contributed by atoms with Gasteiger partial charge in [-0.25, -0.2) is 0 Å². The molecule has 2 fully saturated rings. The lowest BCUT2D eigenvalue weighted by Crippen LogP contribution is -2.40. The Morgan fingerprint density at radius 2 is 2.12 bits per heavy atom. The van der Waals surface area contributed by atoms with Crippen LogP contribution >= 0.6 is 0 Å². The minimum Gasteiger partial charge on any atom is -0.351 e. The molecule has 2 aliphatic rings. The molecule has 1 spiro atoms. The number of hydrogen-bond donors (Lipinski definition) is 3. The van der Waals surface area contributed by atoms with Crippen LogP contribution in [0.3, 0.4) is 0 Å². The number of para-hydroxylation sites is 1. The summed E-state index contributed by atoms with van der Waals surface area (Å²) in [6.45, 7) is 3.63. The predicted molar refractivity (Wildman–Crippen MR) is 94.5 cm³/mol. The summed E-state index contributed by atoms with van der Waals surface area (Å²) in [4.78, 5) is 16.9. The van der Waals surface area contributed by atoms with Crippen molar-refractivity contribution in [2.45, 2.75) is 31.8 Å². The van der Waals surface area contributed by atoms with E-state index in [0.29, 0.717) is 12.0 Å². The van der Waals surface area contributed by atoms with Gasteiger partial charge in [0, 0.05) is 24.7 Å². The maximum atomic E-state index is 12.5. The number of hydrogen-bond acceptors (Lipinski definition) is 4. The Morgan fingerprint density at radius 3 is 3.00 bits per heavy atom. The molecule has 126 valence electrons. The van der Waals surface area contributed by atoms with Gasteiger partial charge in [-0.1, -0.05) is 18.2 Å². The van der Waals surface area contributed by atoms with Crippen LogP contribution in [0, 0.1) is 5.41 Å². The second-order valence-corrected chi connectivity index (χ2v) is 7.14. The van der Waals surface area contributed by atoms with Gasteiger partial charge >= 0.3 is 0 Å². The summed E-state index contributed by atoms with van der Waals surface area (Å²) in [6.07, 6.45) is 5.13. The van der Waals surface area contributed by atoms with E-state index < -0.39 is 0 Å². The fourth-order valence-electron chi connectivity index (χ4n) is 3.97. The predicted octanol–water partition coefficient (Wildman–Crippen LogP) is 1.58. The van der Waals surface area contributed by atoms with E-state index in [2.05, 4.69) is 27.0 Å². The molecule has 1 amide bonds. The van der Waals surface area contributed by atoms with Gasteiger partial charge in [0.2, 0.25) is 5.91 Å². The highest BCUT2D eigenvalue weighted by Gasteiger charge is 2.41. The number of carbonyl (C=O) groups excluding carboxylic acids is 1. The Morgan fingerprint density at radius 1 is 1.29 bits per heavy atom. The van der Waals surface area contributed by atoms with Crippen LogP contribution in [0.15, 0.2) is 36.5 Å². The Hall–Kier alpha value is -1.98. The first-order valence-electron chi connectivity index (χ1n) is 8.80. The maximum absolute atomic E-state index is 12.5. The number of fused-ring (bicyclic) bond motifs is 1.